The molecule has 1 aromatic carbocycles. The molecule has 1 unspecified atom stereocenters. The average Bonchev–Trinajstić information content (AvgIpc) is 3.07. The third-order valence-electron chi connectivity index (χ3n) is 5.07. The molecule has 0 saturated carbocycles. The van der Waals surface area contributed by atoms with Crippen molar-refractivity contribution in [1.82, 2.24) is 20.0 Å². The lowest BCUT2D eigenvalue weighted by Crippen LogP contribution is -2.54. The van der Waals surface area contributed by atoms with Crippen molar-refractivity contribution in [1.29, 1.82) is 0 Å². The topological polar surface area (TPSA) is 55.9 Å². The van der Waals surface area contributed by atoms with Crippen LogP contribution in [0.1, 0.15) is 18.4 Å². The van der Waals surface area contributed by atoms with Crippen LogP contribution in [0.2, 0.25) is 0 Å². The minimum Gasteiger partial charge on any atom is -0.344 e. The molecule has 0 radical (unpaired) electrons. The number of likely N-dealkylation sites (N-methyl/N-ethyl adjacent to an activating group) is 1. The Morgan fingerprint density at radius 3 is 2.56 bits per heavy atom. The van der Waals surface area contributed by atoms with E-state index in [0.717, 1.165) is 45.8 Å². The molecule has 25 heavy (non-hydrogen) atoms. The Morgan fingerprint density at radius 2 is 1.92 bits per heavy atom. The van der Waals surface area contributed by atoms with Crippen molar-refractivity contribution < 1.29 is 9.59 Å². The highest BCUT2D eigenvalue weighted by Crippen LogP contribution is 2.12. The summed E-state index contributed by atoms with van der Waals surface area (Å²) in [6, 6.07) is 10.2. The number of amides is 2. The molecule has 6 heteroatoms. The van der Waals surface area contributed by atoms with Crippen LogP contribution in [-0.2, 0) is 16.1 Å². The van der Waals surface area contributed by atoms with Gasteiger partial charge in [-0.1, -0.05) is 30.3 Å². The number of rotatable bonds is 6. The van der Waals surface area contributed by atoms with Gasteiger partial charge in [-0.05, 0) is 19.0 Å². The molecule has 2 saturated heterocycles. The van der Waals surface area contributed by atoms with Crippen LogP contribution in [0.25, 0.3) is 0 Å². The van der Waals surface area contributed by atoms with E-state index in [1.807, 2.05) is 11.0 Å². The predicted octanol–water partition coefficient (Wildman–Crippen LogP) is 0.541. The summed E-state index contributed by atoms with van der Waals surface area (Å²) in [7, 11) is 2.15. The van der Waals surface area contributed by atoms with Crippen LogP contribution in [-0.4, -0.2) is 78.9 Å². The van der Waals surface area contributed by atoms with E-state index in [0.29, 0.717) is 12.8 Å². The predicted molar refractivity (Wildman–Crippen MR) is 97.0 cm³/mol. The first-order chi connectivity index (χ1) is 12.1. The lowest BCUT2D eigenvalue weighted by atomic mass is 10.2. The minimum atomic E-state index is -0.295. The smallest absolute Gasteiger partial charge is 0.245 e. The van der Waals surface area contributed by atoms with E-state index in [1.54, 1.807) is 0 Å². The van der Waals surface area contributed by atoms with Crippen molar-refractivity contribution in [3.05, 3.63) is 35.9 Å². The van der Waals surface area contributed by atoms with Gasteiger partial charge in [-0.2, -0.15) is 0 Å². The van der Waals surface area contributed by atoms with Crippen molar-refractivity contribution in [2.75, 3.05) is 46.3 Å². The van der Waals surface area contributed by atoms with E-state index in [9.17, 15) is 9.59 Å². The van der Waals surface area contributed by atoms with Gasteiger partial charge in [0.1, 0.15) is 6.04 Å². The third-order valence-corrected chi connectivity index (χ3v) is 5.07. The van der Waals surface area contributed by atoms with Crippen molar-refractivity contribution in [3.63, 3.8) is 0 Å². The number of hydrogen-bond donors (Lipinski definition) is 1. The first kappa shape index (κ1) is 17.9. The van der Waals surface area contributed by atoms with Crippen LogP contribution >= 0.6 is 0 Å². The zero-order valence-corrected chi connectivity index (χ0v) is 15.0. The van der Waals surface area contributed by atoms with Crippen molar-refractivity contribution in [3.8, 4) is 0 Å². The van der Waals surface area contributed by atoms with Gasteiger partial charge in [-0.15, -0.1) is 0 Å². The van der Waals surface area contributed by atoms with Gasteiger partial charge in [0, 0.05) is 52.2 Å². The minimum absolute atomic E-state index is 0.00145. The van der Waals surface area contributed by atoms with Crippen LogP contribution in [0.4, 0.5) is 0 Å². The fourth-order valence-electron chi connectivity index (χ4n) is 3.50. The van der Waals surface area contributed by atoms with Gasteiger partial charge in [0.15, 0.2) is 0 Å². The van der Waals surface area contributed by atoms with E-state index < -0.39 is 0 Å². The van der Waals surface area contributed by atoms with Crippen LogP contribution in [0, 0.1) is 0 Å². The van der Waals surface area contributed by atoms with E-state index in [-0.39, 0.29) is 17.9 Å². The molecule has 136 valence electrons. The maximum absolute atomic E-state index is 12.4. The summed E-state index contributed by atoms with van der Waals surface area (Å²) < 4.78 is 0. The normalized spacial score (nSPS) is 21.6. The monoisotopic (exact) mass is 344 g/mol. The maximum atomic E-state index is 12.4. The number of nitrogens with one attached hydrogen (secondary N) is 1. The Hall–Kier alpha value is -1.92. The summed E-state index contributed by atoms with van der Waals surface area (Å²) in [5.74, 6) is 0.0881. The number of nitrogens with zero attached hydrogens (tertiary/aromatic N) is 3. The Labute approximate surface area is 149 Å². The lowest BCUT2D eigenvalue weighted by Gasteiger charge is -2.36. The highest BCUT2D eigenvalue weighted by atomic mass is 16.2. The largest absolute Gasteiger partial charge is 0.344 e. The third kappa shape index (κ3) is 5.03. The summed E-state index contributed by atoms with van der Waals surface area (Å²) in [6.45, 7) is 6.33. The molecule has 6 nitrogen and oxygen atoms in total. The van der Waals surface area contributed by atoms with Gasteiger partial charge in [-0.25, -0.2) is 0 Å². The molecular weight excluding hydrogens is 316 g/mol. The molecule has 0 spiro atoms. The van der Waals surface area contributed by atoms with E-state index in [2.05, 4.69) is 46.4 Å². The van der Waals surface area contributed by atoms with E-state index in [1.165, 1.54) is 5.56 Å². The SMILES string of the molecule is CN(CCN1CCN(C(=O)C2CCC(=O)N2)CC1)Cc1ccccc1. The molecule has 0 aromatic heterocycles. The zero-order valence-electron chi connectivity index (χ0n) is 15.0. The summed E-state index contributed by atoms with van der Waals surface area (Å²) in [4.78, 5) is 30.3. The fourth-order valence-corrected chi connectivity index (χ4v) is 3.50. The van der Waals surface area contributed by atoms with E-state index >= 15 is 0 Å². The number of carbonyl (C=O) groups is 2. The second-order valence-electron chi connectivity index (χ2n) is 7.05. The van der Waals surface area contributed by atoms with Gasteiger partial charge in [0.05, 0.1) is 0 Å². The van der Waals surface area contributed by atoms with Crippen LogP contribution < -0.4 is 5.32 Å². The summed E-state index contributed by atoms with van der Waals surface area (Å²) in [6.07, 6.45) is 1.12. The Bertz CT molecular complexity index is 584. The van der Waals surface area contributed by atoms with Crippen LogP contribution in [0.5, 0.6) is 0 Å². The first-order valence-electron chi connectivity index (χ1n) is 9.15. The van der Waals surface area contributed by atoms with Crippen LogP contribution in [0.15, 0.2) is 30.3 Å². The highest BCUT2D eigenvalue weighted by molar-refractivity contribution is 5.90. The van der Waals surface area contributed by atoms with Crippen molar-refractivity contribution >= 4 is 11.8 Å². The number of hydrogen-bond acceptors (Lipinski definition) is 4. The van der Waals surface area contributed by atoms with Crippen molar-refractivity contribution in [2.45, 2.75) is 25.4 Å². The number of carbonyl (C=O) groups excluding carboxylic acids is 2. The Balaban J connectivity index is 1.36. The second kappa shape index (κ2) is 8.45. The molecular formula is C19H28N4O2. The standard InChI is InChI=1S/C19H28N4O2/c1-21(15-16-5-3-2-4-6-16)9-10-22-11-13-23(14-12-22)19(25)17-7-8-18(24)20-17/h2-6,17H,7-15H2,1H3,(H,20,24). The quantitative estimate of drug-likeness (QED) is 0.818. The fraction of sp³-hybridized carbons (Fsp3) is 0.579. The highest BCUT2D eigenvalue weighted by Gasteiger charge is 2.32. The molecule has 1 aromatic rings. The Morgan fingerprint density at radius 1 is 1.20 bits per heavy atom. The zero-order chi connectivity index (χ0) is 17.6. The van der Waals surface area contributed by atoms with Gasteiger partial charge in [0.25, 0.3) is 0 Å². The van der Waals surface area contributed by atoms with Gasteiger partial charge in [0.2, 0.25) is 11.8 Å². The van der Waals surface area contributed by atoms with Crippen LogP contribution in [0.3, 0.4) is 0 Å². The molecule has 1 N–H and O–H groups in total. The van der Waals surface area contributed by atoms with Gasteiger partial charge >= 0.3 is 0 Å². The van der Waals surface area contributed by atoms with Crippen molar-refractivity contribution in [2.24, 2.45) is 0 Å². The van der Waals surface area contributed by atoms with E-state index in [4.69, 9.17) is 0 Å². The summed E-state index contributed by atoms with van der Waals surface area (Å²) in [5.41, 5.74) is 1.33. The molecule has 0 bridgehead atoms. The molecule has 2 fully saturated rings. The number of benzene rings is 1. The second-order valence-corrected chi connectivity index (χ2v) is 7.05. The molecule has 2 aliphatic rings. The molecule has 2 aliphatic heterocycles. The van der Waals surface area contributed by atoms with Gasteiger partial charge < -0.3 is 15.1 Å². The lowest BCUT2D eigenvalue weighted by molar-refractivity contribution is -0.136. The molecule has 3 rings (SSSR count). The summed E-state index contributed by atoms with van der Waals surface area (Å²) >= 11 is 0. The average molecular weight is 344 g/mol. The maximum Gasteiger partial charge on any atom is 0.245 e. The first-order valence-corrected chi connectivity index (χ1v) is 9.15. The Kier molecular flexibility index (Phi) is 6.04. The molecule has 2 heterocycles. The van der Waals surface area contributed by atoms with Gasteiger partial charge in [-0.3, -0.25) is 14.5 Å². The molecule has 1 atom stereocenters. The number of piperazine rings is 1. The molecule has 0 aliphatic carbocycles. The summed E-state index contributed by atoms with van der Waals surface area (Å²) in [5, 5.41) is 2.77. The molecule has 2 amide bonds.